The zero-order chi connectivity index (χ0) is 13.5. The molecule has 0 amide bonds. The van der Waals surface area contributed by atoms with Gasteiger partial charge in [0.1, 0.15) is 0 Å². The Labute approximate surface area is 113 Å². The van der Waals surface area contributed by atoms with Crippen LogP contribution in [0.5, 0.6) is 0 Å². The molecule has 3 nitrogen and oxygen atoms in total. The molecule has 0 aliphatic rings. The van der Waals surface area contributed by atoms with Crippen molar-refractivity contribution in [1.82, 2.24) is 4.57 Å². The third kappa shape index (κ3) is 3.58. The number of pyridine rings is 1. The smallest absolute Gasteiger partial charge is 0.254 e. The molecule has 1 aromatic carbocycles. The molecule has 2 rings (SSSR count). The van der Waals surface area contributed by atoms with E-state index in [4.69, 9.17) is 0 Å². The van der Waals surface area contributed by atoms with E-state index in [0.29, 0.717) is 0 Å². The zero-order valence-electron chi connectivity index (χ0n) is 11.1. The van der Waals surface area contributed by atoms with Gasteiger partial charge >= 0.3 is 0 Å². The highest BCUT2D eigenvalue weighted by atomic mass is 16.1. The second-order valence-corrected chi connectivity index (χ2v) is 4.21. The minimum absolute atomic E-state index is 0.0125. The first-order valence-electron chi connectivity index (χ1n) is 6.45. The zero-order valence-corrected chi connectivity index (χ0v) is 11.1. The molecule has 98 valence electrons. The van der Waals surface area contributed by atoms with Crippen molar-refractivity contribution in [2.45, 2.75) is 6.92 Å². The molecule has 1 aromatic heterocycles. The summed E-state index contributed by atoms with van der Waals surface area (Å²) in [7, 11) is 0. The number of rotatable bonds is 5. The highest BCUT2D eigenvalue weighted by molar-refractivity contribution is 5.47. The van der Waals surface area contributed by atoms with E-state index in [1.165, 1.54) is 5.69 Å². The van der Waals surface area contributed by atoms with E-state index in [9.17, 15) is 4.79 Å². The topological polar surface area (TPSA) is 25.2 Å². The molecule has 2 aromatic rings. The van der Waals surface area contributed by atoms with E-state index in [2.05, 4.69) is 24.0 Å². The monoisotopic (exact) mass is 254 g/mol. The predicted molar refractivity (Wildman–Crippen MR) is 80.4 cm³/mol. The maximum atomic E-state index is 11.5. The van der Waals surface area contributed by atoms with Gasteiger partial charge in [-0.25, -0.2) is 0 Å². The highest BCUT2D eigenvalue weighted by Crippen LogP contribution is 2.12. The van der Waals surface area contributed by atoms with E-state index in [-0.39, 0.29) is 5.56 Å². The molecule has 3 heteroatoms. The van der Waals surface area contributed by atoms with E-state index in [1.54, 1.807) is 22.9 Å². The molecule has 0 bridgehead atoms. The molecule has 1 heterocycles. The fourth-order valence-corrected chi connectivity index (χ4v) is 1.91. The summed E-state index contributed by atoms with van der Waals surface area (Å²) in [6.45, 7) is 3.83. The molecule has 0 spiro atoms. The van der Waals surface area contributed by atoms with Gasteiger partial charge < -0.3 is 4.90 Å². The predicted octanol–water partition coefficient (Wildman–Crippen LogP) is 2.85. The average molecular weight is 254 g/mol. The SMILES string of the molecule is CCN(CC=Cn1ccccc1=O)c1ccccc1. The molecule has 0 saturated carbocycles. The quantitative estimate of drug-likeness (QED) is 0.819. The molecule has 0 fully saturated rings. The summed E-state index contributed by atoms with van der Waals surface area (Å²) in [6.07, 6.45) is 5.57. The molecule has 0 saturated heterocycles. The van der Waals surface area contributed by atoms with E-state index in [1.807, 2.05) is 36.5 Å². The number of benzene rings is 1. The van der Waals surface area contributed by atoms with Crippen molar-refractivity contribution in [2.24, 2.45) is 0 Å². The first-order valence-corrected chi connectivity index (χ1v) is 6.45. The minimum Gasteiger partial charge on any atom is -0.368 e. The fourth-order valence-electron chi connectivity index (χ4n) is 1.91. The highest BCUT2D eigenvalue weighted by Gasteiger charge is 2.00. The Kier molecular flexibility index (Phi) is 4.56. The summed E-state index contributed by atoms with van der Waals surface area (Å²) in [4.78, 5) is 13.8. The van der Waals surface area contributed by atoms with Crippen LogP contribution in [0.25, 0.3) is 6.20 Å². The number of nitrogens with zero attached hydrogens (tertiary/aromatic N) is 2. The Morgan fingerprint density at radius 2 is 1.84 bits per heavy atom. The van der Waals surface area contributed by atoms with Crippen molar-refractivity contribution in [2.75, 3.05) is 18.0 Å². The Hall–Kier alpha value is -2.29. The number of likely N-dealkylation sites (N-methyl/N-ethyl adjacent to an activating group) is 1. The fraction of sp³-hybridized carbons (Fsp3) is 0.188. The number of hydrogen-bond acceptors (Lipinski definition) is 2. The summed E-state index contributed by atoms with van der Waals surface area (Å²) >= 11 is 0. The second kappa shape index (κ2) is 6.59. The third-order valence-corrected chi connectivity index (χ3v) is 2.95. The molecule has 0 aliphatic heterocycles. The lowest BCUT2D eigenvalue weighted by atomic mass is 10.3. The Morgan fingerprint density at radius 1 is 1.11 bits per heavy atom. The summed E-state index contributed by atoms with van der Waals surface area (Å²) < 4.78 is 1.58. The van der Waals surface area contributed by atoms with Gasteiger partial charge in [-0.05, 0) is 31.2 Å². The largest absolute Gasteiger partial charge is 0.368 e. The average Bonchev–Trinajstić information content (AvgIpc) is 2.46. The summed E-state index contributed by atoms with van der Waals surface area (Å²) in [5.41, 5.74) is 1.18. The van der Waals surface area contributed by atoms with Crippen LogP contribution in [-0.2, 0) is 0 Å². The molecule has 19 heavy (non-hydrogen) atoms. The number of aromatic nitrogens is 1. The lowest BCUT2D eigenvalue weighted by molar-refractivity contribution is 0.904. The third-order valence-electron chi connectivity index (χ3n) is 2.95. The van der Waals surface area contributed by atoms with Gasteiger partial charge in [0.15, 0.2) is 0 Å². The Morgan fingerprint density at radius 3 is 2.53 bits per heavy atom. The van der Waals surface area contributed by atoms with Crippen molar-refractivity contribution in [3.63, 3.8) is 0 Å². The van der Waals surface area contributed by atoms with E-state index in [0.717, 1.165) is 13.1 Å². The molecule has 0 aliphatic carbocycles. The van der Waals surface area contributed by atoms with Gasteiger partial charge in [-0.1, -0.05) is 24.3 Å². The van der Waals surface area contributed by atoms with Crippen LogP contribution < -0.4 is 10.5 Å². The van der Waals surface area contributed by atoms with Gasteiger partial charge in [-0.15, -0.1) is 0 Å². The number of anilines is 1. The normalized spacial score (nSPS) is 10.8. The van der Waals surface area contributed by atoms with Gasteiger partial charge in [-0.3, -0.25) is 9.36 Å². The minimum atomic E-state index is -0.0125. The van der Waals surface area contributed by atoms with Crippen LogP contribution in [0.1, 0.15) is 6.92 Å². The lowest BCUT2D eigenvalue weighted by Crippen LogP contribution is -2.22. The maximum absolute atomic E-state index is 11.5. The molecule has 0 atom stereocenters. The summed E-state index contributed by atoms with van der Waals surface area (Å²) in [5, 5.41) is 0. The second-order valence-electron chi connectivity index (χ2n) is 4.21. The molecule has 0 radical (unpaired) electrons. The lowest BCUT2D eigenvalue weighted by Gasteiger charge is -2.21. The van der Waals surface area contributed by atoms with Crippen molar-refractivity contribution in [1.29, 1.82) is 0 Å². The summed E-state index contributed by atoms with van der Waals surface area (Å²) in [6, 6.07) is 15.4. The maximum Gasteiger partial charge on any atom is 0.254 e. The first-order chi connectivity index (χ1) is 9.31. The van der Waals surface area contributed by atoms with Gasteiger partial charge in [0.2, 0.25) is 0 Å². The summed E-state index contributed by atoms with van der Waals surface area (Å²) in [5.74, 6) is 0. The van der Waals surface area contributed by atoms with Crippen LogP contribution in [0.2, 0.25) is 0 Å². The van der Waals surface area contributed by atoms with Crippen LogP contribution in [0.3, 0.4) is 0 Å². The molecular formula is C16H18N2O. The van der Waals surface area contributed by atoms with Gasteiger partial charge in [0.05, 0.1) is 0 Å². The molecule has 0 unspecified atom stereocenters. The van der Waals surface area contributed by atoms with Crippen LogP contribution in [0, 0.1) is 0 Å². The van der Waals surface area contributed by atoms with Crippen LogP contribution in [-0.4, -0.2) is 17.7 Å². The van der Waals surface area contributed by atoms with Crippen molar-refractivity contribution in [3.05, 3.63) is 71.2 Å². The van der Waals surface area contributed by atoms with Crippen molar-refractivity contribution < 1.29 is 0 Å². The van der Waals surface area contributed by atoms with E-state index < -0.39 is 0 Å². The van der Waals surface area contributed by atoms with Gasteiger partial charge in [0.25, 0.3) is 5.56 Å². The van der Waals surface area contributed by atoms with Crippen molar-refractivity contribution >= 4 is 11.9 Å². The van der Waals surface area contributed by atoms with Gasteiger partial charge in [-0.2, -0.15) is 0 Å². The standard InChI is InChI=1S/C16H18N2O/c1-2-17(15-9-4-3-5-10-15)13-8-14-18-12-7-6-11-16(18)19/h3-12,14H,2,13H2,1H3. The van der Waals surface area contributed by atoms with Gasteiger partial charge in [0, 0.05) is 37.2 Å². The van der Waals surface area contributed by atoms with Crippen LogP contribution in [0.4, 0.5) is 5.69 Å². The molecule has 0 N–H and O–H groups in total. The first kappa shape index (κ1) is 13.1. The number of hydrogen-bond donors (Lipinski definition) is 0. The molecular weight excluding hydrogens is 236 g/mol. The van der Waals surface area contributed by atoms with Crippen LogP contribution in [0.15, 0.2) is 65.6 Å². The Bertz CT molecular complexity index is 587. The van der Waals surface area contributed by atoms with Crippen molar-refractivity contribution in [3.8, 4) is 0 Å². The Balaban J connectivity index is 2.05. The van der Waals surface area contributed by atoms with E-state index >= 15 is 0 Å². The number of para-hydroxylation sites is 1. The van der Waals surface area contributed by atoms with Crippen LogP contribution >= 0.6 is 0 Å².